The van der Waals surface area contributed by atoms with E-state index in [-0.39, 0.29) is 6.03 Å². The number of benzene rings is 2. The summed E-state index contributed by atoms with van der Waals surface area (Å²) in [4.78, 5) is 27.9. The van der Waals surface area contributed by atoms with Crippen LogP contribution in [0.4, 0.5) is 29.5 Å². The van der Waals surface area contributed by atoms with Gasteiger partial charge in [-0.2, -0.15) is 13.2 Å². The standard InChI is InChI=1S/C28H33F3N6O3/c1-39-24-17-22-23(18-25(24)40-16-4-11-35-9-2-3-10-35)32-19-33-26(22)36-12-14-37(15-13-36)27(38)34-21-7-5-20(6-8-21)28(29,30)31/h5-8,17-19H,2-4,9-16H2,1H3,(H,34,38). The van der Waals surface area contributed by atoms with Gasteiger partial charge in [0.2, 0.25) is 0 Å². The van der Waals surface area contributed by atoms with E-state index >= 15 is 0 Å². The SMILES string of the molecule is COc1cc2c(N3CCN(C(=O)Nc4ccc(C(F)(F)F)cc4)CC3)ncnc2cc1OCCCN1CCCC1. The molecule has 5 rings (SSSR count). The van der Waals surface area contributed by atoms with E-state index in [0.29, 0.717) is 50.0 Å². The van der Waals surface area contributed by atoms with Gasteiger partial charge in [-0.3, -0.25) is 0 Å². The number of carbonyl (C=O) groups excluding carboxylic acids is 1. The molecule has 0 atom stereocenters. The van der Waals surface area contributed by atoms with E-state index in [2.05, 4.69) is 25.1 Å². The highest BCUT2D eigenvalue weighted by molar-refractivity contribution is 5.92. The zero-order valence-corrected chi connectivity index (χ0v) is 22.4. The Hall–Kier alpha value is -3.80. The maximum Gasteiger partial charge on any atom is 0.416 e. The number of nitrogens with zero attached hydrogens (tertiary/aromatic N) is 5. The number of urea groups is 1. The third-order valence-electron chi connectivity index (χ3n) is 7.30. The third-order valence-corrected chi connectivity index (χ3v) is 7.30. The van der Waals surface area contributed by atoms with Gasteiger partial charge in [0.25, 0.3) is 0 Å². The number of ether oxygens (including phenoxy) is 2. The molecule has 0 bridgehead atoms. The maximum atomic E-state index is 12.8. The number of nitrogens with one attached hydrogen (secondary N) is 1. The molecule has 40 heavy (non-hydrogen) atoms. The van der Waals surface area contributed by atoms with Gasteiger partial charge in [-0.25, -0.2) is 14.8 Å². The van der Waals surface area contributed by atoms with Crippen LogP contribution in [-0.2, 0) is 6.18 Å². The first-order chi connectivity index (χ1) is 19.3. The molecule has 2 aliphatic heterocycles. The highest BCUT2D eigenvalue weighted by Gasteiger charge is 2.30. The molecule has 9 nitrogen and oxygen atoms in total. The molecule has 0 aliphatic carbocycles. The number of piperazine rings is 1. The summed E-state index contributed by atoms with van der Waals surface area (Å²) >= 11 is 0. The summed E-state index contributed by atoms with van der Waals surface area (Å²) in [7, 11) is 1.61. The highest BCUT2D eigenvalue weighted by atomic mass is 19.4. The number of hydrogen-bond donors (Lipinski definition) is 1. The molecule has 3 aromatic rings. The number of halogens is 3. The highest BCUT2D eigenvalue weighted by Crippen LogP contribution is 2.35. The average Bonchev–Trinajstić information content (AvgIpc) is 3.48. The molecule has 2 fully saturated rings. The number of anilines is 2. The molecular weight excluding hydrogens is 525 g/mol. The molecule has 2 saturated heterocycles. The molecular formula is C28H33F3N6O3. The van der Waals surface area contributed by atoms with Crippen LogP contribution in [-0.4, -0.2) is 85.3 Å². The van der Waals surface area contributed by atoms with E-state index in [1.165, 1.54) is 31.3 Å². The molecule has 1 N–H and O–H groups in total. The fourth-order valence-corrected chi connectivity index (χ4v) is 5.12. The first kappa shape index (κ1) is 27.8. The molecule has 2 aromatic carbocycles. The largest absolute Gasteiger partial charge is 0.493 e. The van der Waals surface area contributed by atoms with E-state index in [9.17, 15) is 18.0 Å². The zero-order chi connectivity index (χ0) is 28.1. The molecule has 0 radical (unpaired) electrons. The van der Waals surface area contributed by atoms with Gasteiger partial charge in [-0.1, -0.05) is 0 Å². The second-order valence-corrected chi connectivity index (χ2v) is 9.95. The van der Waals surface area contributed by atoms with Crippen molar-refractivity contribution in [1.29, 1.82) is 0 Å². The van der Waals surface area contributed by atoms with Crippen molar-refractivity contribution in [1.82, 2.24) is 19.8 Å². The van der Waals surface area contributed by atoms with Gasteiger partial charge >= 0.3 is 12.2 Å². The predicted molar refractivity (Wildman–Crippen MR) is 146 cm³/mol. The summed E-state index contributed by atoms with van der Waals surface area (Å²) < 4.78 is 50.1. The summed E-state index contributed by atoms with van der Waals surface area (Å²) in [6.45, 7) is 5.85. The lowest BCUT2D eigenvalue weighted by Gasteiger charge is -2.35. The van der Waals surface area contributed by atoms with Crippen molar-refractivity contribution in [2.75, 3.05) is 69.7 Å². The lowest BCUT2D eigenvalue weighted by atomic mass is 10.2. The van der Waals surface area contributed by atoms with Crippen LogP contribution in [0.2, 0.25) is 0 Å². The zero-order valence-electron chi connectivity index (χ0n) is 22.4. The summed E-state index contributed by atoms with van der Waals surface area (Å²) in [6.07, 6.45) is 0.576. The van der Waals surface area contributed by atoms with Gasteiger partial charge in [0.1, 0.15) is 12.1 Å². The van der Waals surface area contributed by atoms with Crippen LogP contribution in [0.15, 0.2) is 42.7 Å². The molecule has 214 valence electrons. The third kappa shape index (κ3) is 6.49. The van der Waals surface area contributed by atoms with Crippen LogP contribution in [0.25, 0.3) is 10.9 Å². The van der Waals surface area contributed by atoms with Crippen LogP contribution in [0.3, 0.4) is 0 Å². The number of fused-ring (bicyclic) bond motifs is 1. The van der Waals surface area contributed by atoms with Gasteiger partial charge < -0.3 is 29.5 Å². The van der Waals surface area contributed by atoms with E-state index in [1.54, 1.807) is 12.0 Å². The monoisotopic (exact) mass is 558 g/mol. The minimum atomic E-state index is -4.42. The fourth-order valence-electron chi connectivity index (χ4n) is 5.12. The van der Waals surface area contributed by atoms with Gasteiger partial charge in [0, 0.05) is 49.9 Å². The molecule has 0 unspecified atom stereocenters. The molecule has 2 aliphatic rings. The number of amides is 2. The van der Waals surface area contributed by atoms with Gasteiger partial charge in [0.05, 0.1) is 24.8 Å². The van der Waals surface area contributed by atoms with E-state index < -0.39 is 11.7 Å². The molecule has 0 spiro atoms. The number of methoxy groups -OCH3 is 1. The van der Waals surface area contributed by atoms with E-state index in [1.807, 2.05) is 12.1 Å². The van der Waals surface area contributed by atoms with Crippen molar-refractivity contribution in [2.45, 2.75) is 25.4 Å². The first-order valence-corrected chi connectivity index (χ1v) is 13.5. The Morgan fingerprint density at radius 1 is 0.975 bits per heavy atom. The molecule has 2 amide bonds. The van der Waals surface area contributed by atoms with Crippen LogP contribution in [0.5, 0.6) is 11.5 Å². The van der Waals surface area contributed by atoms with Crippen LogP contribution in [0.1, 0.15) is 24.8 Å². The van der Waals surface area contributed by atoms with Gasteiger partial charge in [0.15, 0.2) is 11.5 Å². The summed E-state index contributed by atoms with van der Waals surface area (Å²) in [6, 6.07) is 7.82. The molecule has 0 saturated carbocycles. The van der Waals surface area contributed by atoms with E-state index in [0.717, 1.165) is 54.9 Å². The Bertz CT molecular complexity index is 1310. The van der Waals surface area contributed by atoms with Crippen molar-refractivity contribution in [3.05, 3.63) is 48.3 Å². The van der Waals surface area contributed by atoms with Crippen molar-refractivity contribution >= 4 is 28.4 Å². The average molecular weight is 559 g/mol. The molecule has 3 heterocycles. The molecule has 1 aromatic heterocycles. The molecule has 12 heteroatoms. The van der Waals surface area contributed by atoms with Crippen LogP contribution >= 0.6 is 0 Å². The summed E-state index contributed by atoms with van der Waals surface area (Å²) in [5.41, 5.74) is 0.287. The number of carbonyl (C=O) groups is 1. The number of hydrogen-bond acceptors (Lipinski definition) is 7. The Morgan fingerprint density at radius 3 is 2.38 bits per heavy atom. The summed E-state index contributed by atoms with van der Waals surface area (Å²) in [5, 5.41) is 3.50. The topological polar surface area (TPSA) is 83.1 Å². The summed E-state index contributed by atoms with van der Waals surface area (Å²) in [5.74, 6) is 2.00. The minimum absolute atomic E-state index is 0.309. The Balaban J connectivity index is 1.20. The number of alkyl halides is 3. The van der Waals surface area contributed by atoms with Crippen molar-refractivity contribution in [3.63, 3.8) is 0 Å². The van der Waals surface area contributed by atoms with Crippen LogP contribution < -0.4 is 19.7 Å². The van der Waals surface area contributed by atoms with Crippen molar-refractivity contribution < 1.29 is 27.4 Å². The quantitative estimate of drug-likeness (QED) is 0.395. The Kier molecular flexibility index (Phi) is 8.43. The van der Waals surface area contributed by atoms with Gasteiger partial charge in [-0.15, -0.1) is 0 Å². The normalized spacial score (nSPS) is 16.4. The Labute approximate surface area is 230 Å². The number of aromatic nitrogens is 2. The lowest BCUT2D eigenvalue weighted by molar-refractivity contribution is -0.137. The predicted octanol–water partition coefficient (Wildman–Crippen LogP) is 4.88. The van der Waals surface area contributed by atoms with Crippen molar-refractivity contribution in [3.8, 4) is 11.5 Å². The maximum absolute atomic E-state index is 12.8. The first-order valence-electron chi connectivity index (χ1n) is 13.5. The van der Waals surface area contributed by atoms with E-state index in [4.69, 9.17) is 9.47 Å². The number of rotatable bonds is 8. The van der Waals surface area contributed by atoms with Crippen molar-refractivity contribution in [2.24, 2.45) is 0 Å². The Morgan fingerprint density at radius 2 is 1.70 bits per heavy atom. The number of likely N-dealkylation sites (tertiary alicyclic amines) is 1. The second-order valence-electron chi connectivity index (χ2n) is 9.95. The lowest BCUT2D eigenvalue weighted by Crippen LogP contribution is -2.50. The van der Waals surface area contributed by atoms with Gasteiger partial charge in [-0.05, 0) is 62.7 Å². The smallest absolute Gasteiger partial charge is 0.416 e. The fraction of sp³-hybridized carbons (Fsp3) is 0.464. The minimum Gasteiger partial charge on any atom is -0.493 e. The second kappa shape index (κ2) is 12.2. The van der Waals surface area contributed by atoms with Crippen LogP contribution in [0, 0.1) is 0 Å².